The zero-order chi connectivity index (χ0) is 14.2. The third-order valence-electron chi connectivity index (χ3n) is 6.47. The predicted molar refractivity (Wildman–Crippen MR) is 77.9 cm³/mol. The van der Waals surface area contributed by atoms with E-state index >= 15 is 0 Å². The summed E-state index contributed by atoms with van der Waals surface area (Å²) in [5.74, 6) is 3.35. The van der Waals surface area contributed by atoms with Crippen LogP contribution >= 0.6 is 0 Å². The van der Waals surface area contributed by atoms with Crippen molar-refractivity contribution >= 4 is 5.78 Å². The lowest BCUT2D eigenvalue weighted by atomic mass is 9.48. The highest BCUT2D eigenvalue weighted by molar-refractivity contribution is 5.89. The molecule has 0 amide bonds. The number of hydrogen-bond donors (Lipinski definition) is 0. The number of ketones is 1. The predicted octanol–water partition coefficient (Wildman–Crippen LogP) is 3.03. The van der Waals surface area contributed by atoms with Crippen LogP contribution in [0.1, 0.15) is 43.2 Å². The van der Waals surface area contributed by atoms with Gasteiger partial charge in [0.25, 0.3) is 0 Å². The Balaban J connectivity index is 1.83. The molecular formula is C18H20O3. The van der Waals surface area contributed by atoms with Crippen molar-refractivity contribution in [2.45, 2.75) is 50.0 Å². The Morgan fingerprint density at radius 2 is 2.24 bits per heavy atom. The molecule has 3 heteroatoms. The van der Waals surface area contributed by atoms with Gasteiger partial charge in [0.15, 0.2) is 23.4 Å². The standard InChI is InChI=1S/C18H20O3/c1-20-14-7-4-11-9-10-3-2-8-18-12(10)5-6-13(19)17(18)21-16(14)15(11)18/h4,7,10,12,17H,2-3,5-6,8-9H2,1H3/t10-,12?,17?,18+/m1/s1. The average molecular weight is 284 g/mol. The monoisotopic (exact) mass is 284 g/mol. The number of carbonyl (C=O) groups excluding carboxylic acids is 1. The molecule has 1 aromatic rings. The first-order chi connectivity index (χ1) is 10.3. The molecule has 2 saturated carbocycles. The van der Waals surface area contributed by atoms with E-state index < -0.39 is 0 Å². The molecule has 5 rings (SSSR count). The average Bonchev–Trinajstić information content (AvgIpc) is 2.83. The van der Waals surface area contributed by atoms with Crippen molar-refractivity contribution in [1.82, 2.24) is 0 Å². The minimum Gasteiger partial charge on any atom is -0.493 e. The van der Waals surface area contributed by atoms with E-state index in [0.717, 1.165) is 36.7 Å². The van der Waals surface area contributed by atoms with Gasteiger partial charge in [-0.25, -0.2) is 0 Å². The van der Waals surface area contributed by atoms with Crippen molar-refractivity contribution in [2.24, 2.45) is 11.8 Å². The largest absolute Gasteiger partial charge is 0.493 e. The maximum absolute atomic E-state index is 12.6. The summed E-state index contributed by atoms with van der Waals surface area (Å²) in [7, 11) is 1.69. The molecule has 110 valence electrons. The van der Waals surface area contributed by atoms with Crippen molar-refractivity contribution in [3.63, 3.8) is 0 Å². The van der Waals surface area contributed by atoms with Crippen molar-refractivity contribution in [3.8, 4) is 11.5 Å². The van der Waals surface area contributed by atoms with Crippen LogP contribution in [-0.4, -0.2) is 19.0 Å². The first kappa shape index (κ1) is 12.1. The Hall–Kier alpha value is -1.51. The Morgan fingerprint density at radius 3 is 3.10 bits per heavy atom. The van der Waals surface area contributed by atoms with E-state index in [9.17, 15) is 4.79 Å². The number of Topliss-reactive ketones (excluding diaryl/α,β-unsaturated/α-hetero) is 1. The molecule has 1 aromatic carbocycles. The number of ether oxygens (including phenoxy) is 2. The lowest BCUT2D eigenvalue weighted by molar-refractivity contribution is -0.136. The van der Waals surface area contributed by atoms with Crippen LogP contribution in [0, 0.1) is 11.8 Å². The maximum Gasteiger partial charge on any atom is 0.174 e. The van der Waals surface area contributed by atoms with E-state index in [1.165, 1.54) is 24.0 Å². The van der Waals surface area contributed by atoms with Gasteiger partial charge in [0, 0.05) is 17.4 Å². The summed E-state index contributed by atoms with van der Waals surface area (Å²) in [6.45, 7) is 0. The molecule has 3 aliphatic carbocycles. The number of hydrogen-bond acceptors (Lipinski definition) is 3. The number of methoxy groups -OCH3 is 1. The molecule has 2 fully saturated rings. The number of rotatable bonds is 1. The minimum atomic E-state index is -0.246. The quantitative estimate of drug-likeness (QED) is 0.795. The summed E-state index contributed by atoms with van der Waals surface area (Å²) < 4.78 is 11.7. The second kappa shape index (κ2) is 3.82. The normalized spacial score (nSPS) is 38.7. The van der Waals surface area contributed by atoms with Gasteiger partial charge in [-0.15, -0.1) is 0 Å². The molecule has 21 heavy (non-hydrogen) atoms. The second-order valence-corrected chi connectivity index (χ2v) is 7.14. The number of carbonyl (C=O) groups is 1. The SMILES string of the molecule is COc1ccc2c3c1OC1C(=O)CCC4[C@H](CCC[C@]314)C2. The molecule has 4 aliphatic rings. The molecule has 4 atom stereocenters. The fraction of sp³-hybridized carbons (Fsp3) is 0.611. The summed E-state index contributed by atoms with van der Waals surface area (Å²) >= 11 is 0. The molecular weight excluding hydrogens is 264 g/mol. The summed E-state index contributed by atoms with van der Waals surface area (Å²) in [5, 5.41) is 0. The summed E-state index contributed by atoms with van der Waals surface area (Å²) in [6.07, 6.45) is 6.31. The van der Waals surface area contributed by atoms with Gasteiger partial charge >= 0.3 is 0 Å². The van der Waals surface area contributed by atoms with Crippen molar-refractivity contribution in [3.05, 3.63) is 23.3 Å². The van der Waals surface area contributed by atoms with Gasteiger partial charge in [-0.05, 0) is 49.1 Å². The highest BCUT2D eigenvalue weighted by atomic mass is 16.5. The van der Waals surface area contributed by atoms with Gasteiger partial charge in [-0.2, -0.15) is 0 Å². The van der Waals surface area contributed by atoms with Crippen LogP contribution in [-0.2, 0) is 16.6 Å². The first-order valence-electron chi connectivity index (χ1n) is 8.15. The lowest BCUT2D eigenvalue weighted by Crippen LogP contribution is -2.58. The van der Waals surface area contributed by atoms with Gasteiger partial charge < -0.3 is 9.47 Å². The third kappa shape index (κ3) is 1.25. The molecule has 0 aromatic heterocycles. The maximum atomic E-state index is 12.6. The van der Waals surface area contributed by atoms with Crippen LogP contribution in [0.2, 0.25) is 0 Å². The Bertz CT molecular complexity index is 650. The molecule has 2 bridgehead atoms. The Kier molecular flexibility index (Phi) is 2.20. The fourth-order valence-electron chi connectivity index (χ4n) is 5.82. The topological polar surface area (TPSA) is 35.5 Å². The van der Waals surface area contributed by atoms with Crippen molar-refractivity contribution in [2.75, 3.05) is 7.11 Å². The van der Waals surface area contributed by atoms with Crippen LogP contribution in [0.15, 0.2) is 12.1 Å². The highest BCUT2D eigenvalue weighted by Crippen LogP contribution is 2.65. The number of benzene rings is 1. The van der Waals surface area contributed by atoms with Gasteiger partial charge in [-0.1, -0.05) is 12.5 Å². The Labute approximate surface area is 124 Å². The molecule has 0 N–H and O–H groups in total. The third-order valence-corrected chi connectivity index (χ3v) is 6.47. The Morgan fingerprint density at radius 1 is 1.33 bits per heavy atom. The van der Waals surface area contributed by atoms with Crippen LogP contribution < -0.4 is 9.47 Å². The van der Waals surface area contributed by atoms with E-state index in [0.29, 0.717) is 18.1 Å². The highest BCUT2D eigenvalue weighted by Gasteiger charge is 2.64. The van der Waals surface area contributed by atoms with Crippen molar-refractivity contribution < 1.29 is 14.3 Å². The smallest absolute Gasteiger partial charge is 0.174 e. The van der Waals surface area contributed by atoms with Crippen molar-refractivity contribution in [1.29, 1.82) is 0 Å². The lowest BCUT2D eigenvalue weighted by Gasteiger charge is -2.54. The van der Waals surface area contributed by atoms with Gasteiger partial charge in [0.1, 0.15) is 0 Å². The van der Waals surface area contributed by atoms with Gasteiger partial charge in [-0.3, -0.25) is 4.79 Å². The summed E-state index contributed by atoms with van der Waals surface area (Å²) in [4.78, 5) is 12.6. The van der Waals surface area contributed by atoms with E-state index in [1.807, 2.05) is 6.07 Å². The summed E-state index contributed by atoms with van der Waals surface area (Å²) in [6, 6.07) is 4.22. The molecule has 0 radical (unpaired) electrons. The zero-order valence-corrected chi connectivity index (χ0v) is 12.4. The van der Waals surface area contributed by atoms with E-state index in [2.05, 4.69) is 6.07 Å². The van der Waals surface area contributed by atoms with Crippen LogP contribution in [0.4, 0.5) is 0 Å². The van der Waals surface area contributed by atoms with E-state index in [1.54, 1.807) is 7.11 Å². The molecule has 1 spiro atoms. The van der Waals surface area contributed by atoms with Gasteiger partial charge in [0.05, 0.1) is 7.11 Å². The van der Waals surface area contributed by atoms with Crippen LogP contribution in [0.25, 0.3) is 0 Å². The van der Waals surface area contributed by atoms with E-state index in [-0.39, 0.29) is 11.5 Å². The molecule has 1 aliphatic heterocycles. The van der Waals surface area contributed by atoms with Gasteiger partial charge in [0.2, 0.25) is 0 Å². The zero-order valence-electron chi connectivity index (χ0n) is 12.4. The second-order valence-electron chi connectivity index (χ2n) is 7.14. The van der Waals surface area contributed by atoms with E-state index in [4.69, 9.17) is 9.47 Å². The molecule has 1 heterocycles. The molecule has 0 saturated heterocycles. The summed E-state index contributed by atoms with van der Waals surface area (Å²) in [5.41, 5.74) is 2.71. The molecule has 2 unspecified atom stereocenters. The van der Waals surface area contributed by atoms with Crippen LogP contribution in [0.5, 0.6) is 11.5 Å². The van der Waals surface area contributed by atoms with Crippen LogP contribution in [0.3, 0.4) is 0 Å². The fourth-order valence-corrected chi connectivity index (χ4v) is 5.82. The minimum absolute atomic E-state index is 0.0320. The first-order valence-corrected chi connectivity index (χ1v) is 8.15. The molecule has 3 nitrogen and oxygen atoms in total.